The smallest absolute Gasteiger partial charge is 0.373 e. The van der Waals surface area contributed by atoms with Crippen LogP contribution in [-0.2, 0) is 4.74 Å². The van der Waals surface area contributed by atoms with Crippen LogP contribution in [0.15, 0.2) is 22.8 Å². The van der Waals surface area contributed by atoms with Crippen LogP contribution in [-0.4, -0.2) is 13.1 Å². The van der Waals surface area contributed by atoms with Crippen LogP contribution in [0.1, 0.15) is 24.4 Å². The van der Waals surface area contributed by atoms with Crippen LogP contribution in [0.3, 0.4) is 0 Å². The summed E-state index contributed by atoms with van der Waals surface area (Å²) < 4.78 is 9.07. The largest absolute Gasteiger partial charge is 0.463 e. The molecule has 1 rings (SSSR count). The van der Waals surface area contributed by atoms with Crippen LogP contribution < -0.4 is 0 Å². The van der Waals surface area contributed by atoms with Crippen molar-refractivity contribution < 1.29 is 13.9 Å². The zero-order valence-corrected chi connectivity index (χ0v) is 6.96. The summed E-state index contributed by atoms with van der Waals surface area (Å²) in [6.07, 6.45) is 1.42. The van der Waals surface area contributed by atoms with E-state index in [9.17, 15) is 4.79 Å². The molecule has 0 fully saturated rings. The lowest BCUT2D eigenvalue weighted by atomic mass is 10.5. The number of ether oxygens (including phenoxy) is 1. The average molecular weight is 156 g/mol. The van der Waals surface area contributed by atoms with E-state index in [1.54, 1.807) is 12.1 Å². The molecular formula is C8H12O3. The van der Waals surface area contributed by atoms with Crippen molar-refractivity contribution in [1.29, 1.82) is 0 Å². The van der Waals surface area contributed by atoms with Gasteiger partial charge in [0.2, 0.25) is 5.76 Å². The minimum atomic E-state index is -0.444. The van der Waals surface area contributed by atoms with E-state index in [1.165, 1.54) is 13.4 Å². The van der Waals surface area contributed by atoms with Crippen LogP contribution in [0.5, 0.6) is 0 Å². The highest BCUT2D eigenvalue weighted by Gasteiger charge is 2.05. The lowest BCUT2D eigenvalue weighted by Crippen LogP contribution is -1.97. The van der Waals surface area contributed by atoms with Gasteiger partial charge >= 0.3 is 5.97 Å². The van der Waals surface area contributed by atoms with Gasteiger partial charge < -0.3 is 9.15 Å². The summed E-state index contributed by atoms with van der Waals surface area (Å²) in [6.45, 7) is 4.00. The molecule has 0 saturated heterocycles. The topological polar surface area (TPSA) is 39.4 Å². The molecule has 62 valence electrons. The van der Waals surface area contributed by atoms with Crippen molar-refractivity contribution in [3.8, 4) is 0 Å². The Bertz CT molecular complexity index is 189. The van der Waals surface area contributed by atoms with E-state index in [2.05, 4.69) is 4.74 Å². The summed E-state index contributed by atoms with van der Waals surface area (Å²) in [4.78, 5) is 10.6. The molecule has 1 heterocycles. The molecule has 0 unspecified atom stereocenters. The number of esters is 1. The van der Waals surface area contributed by atoms with E-state index in [4.69, 9.17) is 4.42 Å². The second-order valence-corrected chi connectivity index (χ2v) is 1.47. The summed E-state index contributed by atoms with van der Waals surface area (Å²) in [6, 6.07) is 3.18. The van der Waals surface area contributed by atoms with Gasteiger partial charge in [0.25, 0.3) is 0 Å². The normalized spacial score (nSPS) is 7.91. The van der Waals surface area contributed by atoms with Gasteiger partial charge in [-0.25, -0.2) is 4.79 Å². The van der Waals surface area contributed by atoms with Crippen molar-refractivity contribution in [2.75, 3.05) is 7.11 Å². The molecule has 0 amide bonds. The molecule has 0 aliphatic rings. The van der Waals surface area contributed by atoms with Gasteiger partial charge in [-0.3, -0.25) is 0 Å². The second-order valence-electron chi connectivity index (χ2n) is 1.47. The Hall–Kier alpha value is -1.25. The van der Waals surface area contributed by atoms with Gasteiger partial charge in [-0.1, -0.05) is 13.8 Å². The Labute approximate surface area is 66.0 Å². The Morgan fingerprint density at radius 1 is 1.55 bits per heavy atom. The first-order chi connectivity index (χ1) is 5.34. The third-order valence-corrected chi connectivity index (χ3v) is 0.908. The maximum absolute atomic E-state index is 10.6. The zero-order chi connectivity index (χ0) is 8.69. The highest BCUT2D eigenvalue weighted by atomic mass is 16.5. The fourth-order valence-electron chi connectivity index (χ4n) is 0.495. The number of furan rings is 1. The second kappa shape index (κ2) is 5.53. The molecule has 0 aliphatic carbocycles. The van der Waals surface area contributed by atoms with Gasteiger partial charge in [0.1, 0.15) is 0 Å². The highest BCUT2D eigenvalue weighted by Crippen LogP contribution is 2.00. The highest BCUT2D eigenvalue weighted by molar-refractivity contribution is 5.85. The minimum Gasteiger partial charge on any atom is -0.463 e. The number of carbonyl (C=O) groups is 1. The number of rotatable bonds is 1. The van der Waals surface area contributed by atoms with Gasteiger partial charge in [0.05, 0.1) is 13.4 Å². The molecule has 0 saturated carbocycles. The molecule has 0 atom stereocenters. The summed E-state index contributed by atoms with van der Waals surface area (Å²) in [5, 5.41) is 0. The molecule has 0 bridgehead atoms. The van der Waals surface area contributed by atoms with Gasteiger partial charge in [-0.2, -0.15) is 0 Å². The molecule has 3 nitrogen and oxygen atoms in total. The molecule has 0 N–H and O–H groups in total. The third kappa shape index (κ3) is 2.89. The molecule has 1 aromatic rings. The fourth-order valence-corrected chi connectivity index (χ4v) is 0.495. The molecule has 3 heteroatoms. The van der Waals surface area contributed by atoms with Gasteiger partial charge in [-0.05, 0) is 12.1 Å². The molecule has 11 heavy (non-hydrogen) atoms. The monoisotopic (exact) mass is 156 g/mol. The lowest BCUT2D eigenvalue weighted by molar-refractivity contribution is 0.0565. The van der Waals surface area contributed by atoms with Crippen molar-refractivity contribution in [2.24, 2.45) is 0 Å². The molecule has 0 aromatic carbocycles. The van der Waals surface area contributed by atoms with E-state index >= 15 is 0 Å². The van der Waals surface area contributed by atoms with E-state index < -0.39 is 5.97 Å². The summed E-state index contributed by atoms with van der Waals surface area (Å²) >= 11 is 0. The first kappa shape index (κ1) is 9.75. The van der Waals surface area contributed by atoms with Crippen molar-refractivity contribution >= 4 is 5.97 Å². The van der Waals surface area contributed by atoms with Crippen LogP contribution in [0.4, 0.5) is 0 Å². The Balaban J connectivity index is 0.000000461. The summed E-state index contributed by atoms with van der Waals surface area (Å²) in [5.41, 5.74) is 0. The number of hydrogen-bond acceptors (Lipinski definition) is 3. The van der Waals surface area contributed by atoms with Crippen LogP contribution in [0, 0.1) is 0 Å². The fraction of sp³-hybridized carbons (Fsp3) is 0.375. The predicted molar refractivity (Wildman–Crippen MR) is 41.4 cm³/mol. The number of carbonyl (C=O) groups excluding carboxylic acids is 1. The Kier molecular flexibility index (Phi) is 4.90. The van der Waals surface area contributed by atoms with Gasteiger partial charge in [-0.15, -0.1) is 0 Å². The van der Waals surface area contributed by atoms with Crippen molar-refractivity contribution in [3.05, 3.63) is 24.2 Å². The maximum Gasteiger partial charge on any atom is 0.373 e. The molecule has 0 aliphatic heterocycles. The van der Waals surface area contributed by atoms with Crippen LogP contribution >= 0.6 is 0 Å². The van der Waals surface area contributed by atoms with Crippen LogP contribution in [0.2, 0.25) is 0 Å². The number of methoxy groups -OCH3 is 1. The third-order valence-electron chi connectivity index (χ3n) is 0.908. The SMILES string of the molecule is CC.COC(=O)c1ccco1. The van der Waals surface area contributed by atoms with Crippen LogP contribution in [0.25, 0.3) is 0 Å². The van der Waals surface area contributed by atoms with E-state index in [0.29, 0.717) is 0 Å². The van der Waals surface area contributed by atoms with Crippen molar-refractivity contribution in [1.82, 2.24) is 0 Å². The molecule has 1 aromatic heterocycles. The molecule has 0 radical (unpaired) electrons. The quantitative estimate of drug-likeness (QED) is 0.584. The van der Waals surface area contributed by atoms with Crippen molar-refractivity contribution in [2.45, 2.75) is 13.8 Å². The predicted octanol–water partition coefficient (Wildman–Crippen LogP) is 2.09. The molecule has 0 spiro atoms. The average Bonchev–Trinajstić information content (AvgIpc) is 2.59. The minimum absolute atomic E-state index is 0.234. The van der Waals surface area contributed by atoms with Gasteiger partial charge in [0.15, 0.2) is 0 Å². The standard InChI is InChI=1S/C6H6O3.C2H6/c1-8-6(7)5-3-2-4-9-5;1-2/h2-4H,1H3;1-2H3. The van der Waals surface area contributed by atoms with E-state index in [-0.39, 0.29) is 5.76 Å². The van der Waals surface area contributed by atoms with E-state index in [0.717, 1.165) is 0 Å². The first-order valence-corrected chi connectivity index (χ1v) is 3.46. The molecular weight excluding hydrogens is 144 g/mol. The Morgan fingerprint density at radius 3 is 2.55 bits per heavy atom. The maximum atomic E-state index is 10.6. The number of hydrogen-bond donors (Lipinski definition) is 0. The van der Waals surface area contributed by atoms with Crippen molar-refractivity contribution in [3.63, 3.8) is 0 Å². The van der Waals surface area contributed by atoms with E-state index in [1.807, 2.05) is 13.8 Å². The zero-order valence-electron chi connectivity index (χ0n) is 6.96. The first-order valence-electron chi connectivity index (χ1n) is 3.46. The summed E-state index contributed by atoms with van der Waals surface area (Å²) in [5.74, 6) is -0.211. The lowest BCUT2D eigenvalue weighted by Gasteiger charge is -1.89. The summed E-state index contributed by atoms with van der Waals surface area (Å²) in [7, 11) is 1.31. The Morgan fingerprint density at radius 2 is 2.18 bits per heavy atom. The van der Waals surface area contributed by atoms with Gasteiger partial charge in [0, 0.05) is 0 Å².